The Bertz CT molecular complexity index is 605. The predicted octanol–water partition coefficient (Wildman–Crippen LogP) is 3.19. The van der Waals surface area contributed by atoms with E-state index in [0.717, 1.165) is 0 Å². The molecule has 0 amide bonds. The maximum absolute atomic E-state index is 13.3. The number of nitrogen functional groups attached to an aromatic ring is 1. The van der Waals surface area contributed by atoms with Gasteiger partial charge in [-0.05, 0) is 23.6 Å². The maximum atomic E-state index is 13.3. The monoisotopic (exact) mass is 279 g/mol. The molecule has 0 saturated carbocycles. The fourth-order valence-corrected chi connectivity index (χ4v) is 2.01. The third kappa shape index (κ3) is 2.80. The molecule has 1 heterocycles. The van der Waals surface area contributed by atoms with E-state index in [1.807, 2.05) is 20.8 Å². The normalized spacial score (nSPS) is 13.4. The number of aromatic nitrogens is 2. The summed E-state index contributed by atoms with van der Waals surface area (Å²) in [7, 11) is 1.59. The molecule has 2 N–H and O–H groups in total. The summed E-state index contributed by atoms with van der Waals surface area (Å²) in [5.74, 6) is 0.190. The number of rotatable bonds is 3. The summed E-state index contributed by atoms with van der Waals surface area (Å²) in [4.78, 5) is 4.27. The molecule has 0 bridgehead atoms. The van der Waals surface area contributed by atoms with Crippen LogP contribution in [-0.4, -0.2) is 17.3 Å². The summed E-state index contributed by atoms with van der Waals surface area (Å²) in [6.07, 6.45) is -0.324. The molecular weight excluding hydrogens is 261 g/mol. The van der Waals surface area contributed by atoms with Crippen molar-refractivity contribution in [2.24, 2.45) is 5.41 Å². The van der Waals surface area contributed by atoms with Crippen LogP contribution in [-0.2, 0) is 4.74 Å². The summed E-state index contributed by atoms with van der Waals surface area (Å²) >= 11 is 0. The van der Waals surface area contributed by atoms with E-state index >= 15 is 0 Å². The first-order valence-corrected chi connectivity index (χ1v) is 6.24. The molecule has 1 aromatic carbocycles. The Kier molecular flexibility index (Phi) is 3.76. The molecular formula is C14H18FN3O2. The number of anilines is 1. The van der Waals surface area contributed by atoms with Crippen molar-refractivity contribution in [3.05, 3.63) is 29.8 Å². The van der Waals surface area contributed by atoms with Crippen molar-refractivity contribution < 1.29 is 13.7 Å². The van der Waals surface area contributed by atoms with Crippen molar-refractivity contribution in [1.29, 1.82) is 0 Å². The van der Waals surface area contributed by atoms with Gasteiger partial charge in [0, 0.05) is 12.8 Å². The molecule has 2 rings (SSSR count). The van der Waals surface area contributed by atoms with Crippen LogP contribution < -0.4 is 5.73 Å². The average Bonchev–Trinajstić information content (AvgIpc) is 2.80. The molecule has 1 aromatic heterocycles. The van der Waals surface area contributed by atoms with Gasteiger partial charge < -0.3 is 15.0 Å². The molecule has 0 radical (unpaired) electrons. The van der Waals surface area contributed by atoms with E-state index in [0.29, 0.717) is 17.1 Å². The van der Waals surface area contributed by atoms with Crippen molar-refractivity contribution in [2.45, 2.75) is 26.9 Å². The van der Waals surface area contributed by atoms with Crippen molar-refractivity contribution in [2.75, 3.05) is 12.8 Å². The predicted molar refractivity (Wildman–Crippen MR) is 73.3 cm³/mol. The Hall–Kier alpha value is -1.95. The Labute approximate surface area is 116 Å². The third-order valence-electron chi connectivity index (χ3n) is 2.94. The lowest BCUT2D eigenvalue weighted by atomic mass is 9.88. The van der Waals surface area contributed by atoms with E-state index in [-0.39, 0.29) is 17.4 Å². The first-order chi connectivity index (χ1) is 9.32. The highest BCUT2D eigenvalue weighted by atomic mass is 19.1. The van der Waals surface area contributed by atoms with Crippen molar-refractivity contribution in [3.8, 4) is 11.5 Å². The van der Waals surface area contributed by atoms with Crippen LogP contribution in [0.4, 0.5) is 10.1 Å². The van der Waals surface area contributed by atoms with E-state index in [1.165, 1.54) is 18.2 Å². The smallest absolute Gasteiger partial charge is 0.260 e. The van der Waals surface area contributed by atoms with Gasteiger partial charge in [0.1, 0.15) is 11.9 Å². The van der Waals surface area contributed by atoms with Gasteiger partial charge in [-0.25, -0.2) is 4.39 Å². The lowest BCUT2D eigenvalue weighted by Crippen LogP contribution is -2.21. The summed E-state index contributed by atoms with van der Waals surface area (Å²) in [6, 6.07) is 4.01. The summed E-state index contributed by atoms with van der Waals surface area (Å²) in [6.45, 7) is 6.02. The number of hydrogen-bond acceptors (Lipinski definition) is 5. The maximum Gasteiger partial charge on any atom is 0.260 e. The highest BCUT2D eigenvalue weighted by Crippen LogP contribution is 2.35. The number of hydrogen-bond donors (Lipinski definition) is 1. The molecule has 108 valence electrons. The molecule has 0 fully saturated rings. The van der Waals surface area contributed by atoms with Crippen LogP contribution in [0.3, 0.4) is 0 Å². The minimum absolute atomic E-state index is 0.184. The number of ether oxygens (including phenoxy) is 1. The topological polar surface area (TPSA) is 74.2 Å². The number of methoxy groups -OCH3 is 1. The van der Waals surface area contributed by atoms with Crippen molar-refractivity contribution in [3.63, 3.8) is 0 Å². The second-order valence-corrected chi connectivity index (χ2v) is 5.67. The quantitative estimate of drug-likeness (QED) is 0.873. The van der Waals surface area contributed by atoms with Gasteiger partial charge in [-0.2, -0.15) is 4.98 Å². The van der Waals surface area contributed by atoms with Crippen molar-refractivity contribution in [1.82, 2.24) is 10.1 Å². The molecule has 5 nitrogen and oxygen atoms in total. The van der Waals surface area contributed by atoms with Gasteiger partial charge in [0.25, 0.3) is 5.89 Å². The highest BCUT2D eigenvalue weighted by molar-refractivity contribution is 5.70. The minimum Gasteiger partial charge on any atom is -0.398 e. The van der Waals surface area contributed by atoms with Crippen LogP contribution in [0.15, 0.2) is 22.7 Å². The molecule has 1 atom stereocenters. The number of nitrogens with two attached hydrogens (primary N) is 1. The van der Waals surface area contributed by atoms with Crippen LogP contribution >= 0.6 is 0 Å². The van der Waals surface area contributed by atoms with Crippen LogP contribution in [0.1, 0.15) is 32.7 Å². The SMILES string of the molecule is COC(c1noc(-c2cc(F)ccc2N)n1)C(C)(C)C. The second-order valence-electron chi connectivity index (χ2n) is 5.67. The van der Waals surface area contributed by atoms with E-state index in [2.05, 4.69) is 10.1 Å². The van der Waals surface area contributed by atoms with E-state index < -0.39 is 5.82 Å². The van der Waals surface area contributed by atoms with Gasteiger partial charge in [-0.1, -0.05) is 25.9 Å². The van der Waals surface area contributed by atoms with E-state index in [1.54, 1.807) is 7.11 Å². The molecule has 2 aromatic rings. The van der Waals surface area contributed by atoms with Gasteiger partial charge >= 0.3 is 0 Å². The molecule has 20 heavy (non-hydrogen) atoms. The first-order valence-electron chi connectivity index (χ1n) is 6.24. The van der Waals surface area contributed by atoms with Gasteiger partial charge in [-0.15, -0.1) is 0 Å². The standard InChI is InChI=1S/C14H18FN3O2/c1-14(2,3)11(19-4)12-17-13(20-18-12)9-7-8(15)5-6-10(9)16/h5-7,11H,16H2,1-4H3. The number of nitrogens with zero attached hydrogens (tertiary/aromatic N) is 2. The Morgan fingerprint density at radius 3 is 2.65 bits per heavy atom. The molecule has 1 unspecified atom stereocenters. The fourth-order valence-electron chi connectivity index (χ4n) is 2.01. The Morgan fingerprint density at radius 2 is 2.05 bits per heavy atom. The Morgan fingerprint density at radius 1 is 1.35 bits per heavy atom. The van der Waals surface area contributed by atoms with Crippen LogP contribution in [0.25, 0.3) is 11.5 Å². The average molecular weight is 279 g/mol. The zero-order valence-electron chi connectivity index (χ0n) is 12.0. The van der Waals surface area contributed by atoms with E-state index in [9.17, 15) is 4.39 Å². The van der Waals surface area contributed by atoms with Crippen molar-refractivity contribution >= 4 is 5.69 Å². The van der Waals surface area contributed by atoms with Gasteiger partial charge in [-0.3, -0.25) is 0 Å². The van der Waals surface area contributed by atoms with Gasteiger partial charge in [0.15, 0.2) is 0 Å². The third-order valence-corrected chi connectivity index (χ3v) is 2.94. The molecule has 0 spiro atoms. The zero-order valence-corrected chi connectivity index (χ0v) is 12.0. The first kappa shape index (κ1) is 14.5. The van der Waals surface area contributed by atoms with Crippen LogP contribution in [0.5, 0.6) is 0 Å². The molecule has 0 saturated heterocycles. The van der Waals surface area contributed by atoms with Crippen LogP contribution in [0.2, 0.25) is 0 Å². The van der Waals surface area contributed by atoms with E-state index in [4.69, 9.17) is 15.0 Å². The van der Waals surface area contributed by atoms with Gasteiger partial charge in [0.05, 0.1) is 5.56 Å². The lowest BCUT2D eigenvalue weighted by Gasteiger charge is -2.26. The summed E-state index contributed by atoms with van der Waals surface area (Å²) in [5, 5.41) is 3.91. The van der Waals surface area contributed by atoms with Gasteiger partial charge in [0.2, 0.25) is 5.82 Å². The lowest BCUT2D eigenvalue weighted by molar-refractivity contribution is 0.00718. The van der Waals surface area contributed by atoms with Crippen LogP contribution in [0, 0.1) is 11.2 Å². The molecule has 0 aliphatic rings. The fraction of sp³-hybridized carbons (Fsp3) is 0.429. The second kappa shape index (κ2) is 5.20. The number of benzene rings is 1. The summed E-state index contributed by atoms with van der Waals surface area (Å²) < 4.78 is 23.9. The largest absolute Gasteiger partial charge is 0.398 e. The molecule has 0 aliphatic carbocycles. The molecule has 0 aliphatic heterocycles. The zero-order chi connectivity index (χ0) is 14.9. The highest BCUT2D eigenvalue weighted by Gasteiger charge is 2.31. The Balaban J connectivity index is 2.40. The molecule has 6 heteroatoms. The minimum atomic E-state index is -0.409. The number of halogens is 1. The summed E-state index contributed by atoms with van der Waals surface area (Å²) in [5.41, 5.74) is 6.37.